The van der Waals surface area contributed by atoms with E-state index in [1.54, 1.807) is 42.9 Å². The van der Waals surface area contributed by atoms with Crippen LogP contribution in [-0.2, 0) is 21.4 Å². The van der Waals surface area contributed by atoms with Crippen LogP contribution in [0.3, 0.4) is 0 Å². The molecule has 0 aliphatic rings. The van der Waals surface area contributed by atoms with Gasteiger partial charge in [0.25, 0.3) is 5.91 Å². The molecule has 0 radical (unpaired) electrons. The van der Waals surface area contributed by atoms with E-state index in [-0.39, 0.29) is 6.61 Å². The number of nitrogens with zero attached hydrogens (tertiary/aromatic N) is 2. The van der Waals surface area contributed by atoms with Crippen molar-refractivity contribution in [2.24, 2.45) is 7.05 Å². The van der Waals surface area contributed by atoms with Crippen LogP contribution in [-0.4, -0.2) is 41.2 Å². The Kier molecular flexibility index (Phi) is 5.89. The standard InChI is InChI=1S/C17H19N3O5/c1-11-17(12(2)20(3)19-11)18-15(22)9-25-16(23)10-24-14-6-4-13(8-21)5-7-14/h4-8H,9-10H2,1-3H3,(H,18,22). The molecule has 0 aliphatic heterocycles. The van der Waals surface area contributed by atoms with Crippen molar-refractivity contribution in [2.75, 3.05) is 18.5 Å². The average Bonchev–Trinajstić information content (AvgIpc) is 2.84. The first-order valence-corrected chi connectivity index (χ1v) is 7.54. The molecule has 0 aliphatic carbocycles. The third-order valence-corrected chi connectivity index (χ3v) is 3.51. The first kappa shape index (κ1) is 18.2. The molecule has 0 fully saturated rings. The molecule has 0 saturated carbocycles. The Morgan fingerprint density at radius 3 is 2.44 bits per heavy atom. The molecule has 0 unspecified atom stereocenters. The number of aromatic nitrogens is 2. The van der Waals surface area contributed by atoms with E-state index in [9.17, 15) is 14.4 Å². The molecule has 1 N–H and O–H groups in total. The predicted molar refractivity (Wildman–Crippen MR) is 89.6 cm³/mol. The number of carbonyl (C=O) groups excluding carboxylic acids is 3. The van der Waals surface area contributed by atoms with Gasteiger partial charge in [-0.05, 0) is 38.1 Å². The molecule has 0 spiro atoms. The summed E-state index contributed by atoms with van der Waals surface area (Å²) in [6.07, 6.45) is 0.711. The van der Waals surface area contributed by atoms with Gasteiger partial charge in [-0.15, -0.1) is 0 Å². The summed E-state index contributed by atoms with van der Waals surface area (Å²) in [5, 5.41) is 6.85. The van der Waals surface area contributed by atoms with Crippen LogP contribution in [0.4, 0.5) is 5.69 Å². The van der Waals surface area contributed by atoms with E-state index in [2.05, 4.69) is 10.4 Å². The van der Waals surface area contributed by atoms with Crippen molar-refractivity contribution in [1.29, 1.82) is 0 Å². The molecule has 1 amide bonds. The maximum atomic E-state index is 11.9. The molecule has 0 bridgehead atoms. The number of nitrogens with one attached hydrogen (secondary N) is 1. The van der Waals surface area contributed by atoms with Gasteiger partial charge in [-0.2, -0.15) is 5.10 Å². The Bertz CT molecular complexity index is 780. The van der Waals surface area contributed by atoms with Crippen molar-refractivity contribution < 1.29 is 23.9 Å². The van der Waals surface area contributed by atoms with Crippen LogP contribution in [0, 0.1) is 13.8 Å². The normalized spacial score (nSPS) is 10.2. The van der Waals surface area contributed by atoms with Crippen molar-refractivity contribution in [3.05, 3.63) is 41.2 Å². The fourth-order valence-corrected chi connectivity index (χ4v) is 2.10. The Morgan fingerprint density at radius 2 is 1.88 bits per heavy atom. The van der Waals surface area contributed by atoms with Crippen LogP contribution in [0.15, 0.2) is 24.3 Å². The molecule has 2 rings (SSSR count). The molecule has 1 heterocycles. The number of benzene rings is 1. The minimum absolute atomic E-state index is 0.335. The third-order valence-electron chi connectivity index (χ3n) is 3.51. The van der Waals surface area contributed by atoms with Gasteiger partial charge in [-0.1, -0.05) is 0 Å². The van der Waals surface area contributed by atoms with Crippen LogP contribution in [0.2, 0.25) is 0 Å². The minimum atomic E-state index is -0.672. The number of hydrogen-bond donors (Lipinski definition) is 1. The molecule has 8 heteroatoms. The second-order valence-electron chi connectivity index (χ2n) is 5.35. The smallest absolute Gasteiger partial charge is 0.344 e. The number of ether oxygens (including phenoxy) is 2. The maximum absolute atomic E-state index is 11.9. The summed E-state index contributed by atoms with van der Waals surface area (Å²) in [5.41, 5.74) is 2.60. The van der Waals surface area contributed by atoms with Gasteiger partial charge in [0.2, 0.25) is 0 Å². The lowest BCUT2D eigenvalue weighted by Gasteiger charge is -2.08. The molecular formula is C17H19N3O5. The van der Waals surface area contributed by atoms with E-state index in [1.165, 1.54) is 0 Å². The number of amides is 1. The van der Waals surface area contributed by atoms with Gasteiger partial charge in [-0.25, -0.2) is 4.79 Å². The van der Waals surface area contributed by atoms with Gasteiger partial charge in [0.15, 0.2) is 13.2 Å². The van der Waals surface area contributed by atoms with Crippen LogP contribution in [0.25, 0.3) is 0 Å². The summed E-state index contributed by atoms with van der Waals surface area (Å²) >= 11 is 0. The summed E-state index contributed by atoms with van der Waals surface area (Å²) in [6.45, 7) is 2.85. The molecule has 1 aromatic carbocycles. The Balaban J connectivity index is 1.77. The highest BCUT2D eigenvalue weighted by Gasteiger charge is 2.14. The molecule has 2 aromatic rings. The topological polar surface area (TPSA) is 99.5 Å². The zero-order chi connectivity index (χ0) is 18.4. The zero-order valence-electron chi connectivity index (χ0n) is 14.2. The number of hydrogen-bond acceptors (Lipinski definition) is 6. The molecule has 1 aromatic heterocycles. The summed E-state index contributed by atoms with van der Waals surface area (Å²) in [6, 6.07) is 6.27. The minimum Gasteiger partial charge on any atom is -0.482 e. The third kappa shape index (κ3) is 4.90. The summed E-state index contributed by atoms with van der Waals surface area (Å²) in [4.78, 5) is 34.1. The second-order valence-corrected chi connectivity index (χ2v) is 5.35. The van der Waals surface area contributed by atoms with E-state index in [0.29, 0.717) is 29.0 Å². The monoisotopic (exact) mass is 345 g/mol. The molecule has 132 valence electrons. The lowest BCUT2D eigenvalue weighted by molar-refractivity contribution is -0.149. The lowest BCUT2D eigenvalue weighted by Crippen LogP contribution is -2.24. The first-order chi connectivity index (χ1) is 11.9. The maximum Gasteiger partial charge on any atom is 0.344 e. The lowest BCUT2D eigenvalue weighted by atomic mass is 10.2. The first-order valence-electron chi connectivity index (χ1n) is 7.54. The van der Waals surface area contributed by atoms with Crippen molar-refractivity contribution in [1.82, 2.24) is 9.78 Å². The SMILES string of the molecule is Cc1nn(C)c(C)c1NC(=O)COC(=O)COc1ccc(C=O)cc1. The van der Waals surface area contributed by atoms with E-state index in [4.69, 9.17) is 9.47 Å². The molecule has 0 saturated heterocycles. The summed E-state index contributed by atoms with van der Waals surface area (Å²) in [7, 11) is 1.77. The summed E-state index contributed by atoms with van der Waals surface area (Å²) in [5.74, 6) is -0.703. The fraction of sp³-hybridized carbons (Fsp3) is 0.294. The van der Waals surface area contributed by atoms with E-state index >= 15 is 0 Å². The van der Waals surface area contributed by atoms with Crippen molar-refractivity contribution >= 4 is 23.9 Å². The van der Waals surface area contributed by atoms with Crippen LogP contribution in [0.1, 0.15) is 21.7 Å². The van der Waals surface area contributed by atoms with Crippen molar-refractivity contribution in [2.45, 2.75) is 13.8 Å². The van der Waals surface area contributed by atoms with Gasteiger partial charge in [0.1, 0.15) is 12.0 Å². The van der Waals surface area contributed by atoms with Crippen LogP contribution < -0.4 is 10.1 Å². The summed E-state index contributed by atoms with van der Waals surface area (Å²) < 4.78 is 11.7. The number of aldehydes is 1. The zero-order valence-corrected chi connectivity index (χ0v) is 14.2. The van der Waals surface area contributed by atoms with Crippen LogP contribution >= 0.6 is 0 Å². The Hall–Kier alpha value is -3.16. The average molecular weight is 345 g/mol. The van der Waals surface area contributed by atoms with Crippen LogP contribution in [0.5, 0.6) is 5.75 Å². The molecule has 8 nitrogen and oxygen atoms in total. The highest BCUT2D eigenvalue weighted by atomic mass is 16.6. The van der Waals surface area contributed by atoms with Gasteiger partial charge < -0.3 is 14.8 Å². The van der Waals surface area contributed by atoms with Crippen molar-refractivity contribution in [3.8, 4) is 5.75 Å². The van der Waals surface area contributed by atoms with Gasteiger partial charge in [0.05, 0.1) is 17.1 Å². The Morgan fingerprint density at radius 1 is 1.20 bits per heavy atom. The fourth-order valence-electron chi connectivity index (χ4n) is 2.10. The molecular weight excluding hydrogens is 326 g/mol. The van der Waals surface area contributed by atoms with E-state index in [1.807, 2.05) is 6.92 Å². The number of anilines is 1. The number of esters is 1. The quantitative estimate of drug-likeness (QED) is 0.602. The number of rotatable bonds is 7. The van der Waals surface area contributed by atoms with Gasteiger partial charge in [0, 0.05) is 12.6 Å². The second kappa shape index (κ2) is 8.09. The predicted octanol–water partition coefficient (Wildman–Crippen LogP) is 1.41. The number of carbonyl (C=O) groups is 3. The van der Waals surface area contributed by atoms with E-state index in [0.717, 1.165) is 5.69 Å². The molecule has 0 atom stereocenters. The van der Waals surface area contributed by atoms with Crippen molar-refractivity contribution in [3.63, 3.8) is 0 Å². The number of aryl methyl sites for hydroxylation is 2. The Labute approximate surface area is 144 Å². The highest BCUT2D eigenvalue weighted by Crippen LogP contribution is 2.18. The van der Waals surface area contributed by atoms with Gasteiger partial charge >= 0.3 is 5.97 Å². The molecule has 25 heavy (non-hydrogen) atoms. The van der Waals surface area contributed by atoms with Gasteiger partial charge in [-0.3, -0.25) is 14.3 Å². The largest absolute Gasteiger partial charge is 0.482 e. The van der Waals surface area contributed by atoms with E-state index < -0.39 is 18.5 Å². The highest BCUT2D eigenvalue weighted by molar-refractivity contribution is 5.93.